The van der Waals surface area contributed by atoms with E-state index in [1.165, 1.54) is 0 Å². The molecular weight excluding hydrogens is 234 g/mol. The molecule has 1 fully saturated rings. The second-order valence-corrected chi connectivity index (χ2v) is 4.86. The molecule has 6 heteroatoms. The van der Waals surface area contributed by atoms with Gasteiger partial charge in [0.2, 0.25) is 5.89 Å². The summed E-state index contributed by atoms with van der Waals surface area (Å²) < 4.78 is 5.05. The SMILES string of the molecule is CCc1nc(CN2CCC(CC)(C(=O)O)C2)no1. The summed E-state index contributed by atoms with van der Waals surface area (Å²) in [5.74, 6) is 0.572. The van der Waals surface area contributed by atoms with Gasteiger partial charge in [0.1, 0.15) is 0 Å². The van der Waals surface area contributed by atoms with Gasteiger partial charge in [-0.1, -0.05) is 19.0 Å². The normalized spacial score (nSPS) is 24.6. The molecule has 0 amide bonds. The minimum atomic E-state index is -0.699. The average molecular weight is 253 g/mol. The van der Waals surface area contributed by atoms with Gasteiger partial charge >= 0.3 is 5.97 Å². The van der Waals surface area contributed by atoms with Crippen LogP contribution in [0.3, 0.4) is 0 Å². The molecule has 18 heavy (non-hydrogen) atoms. The molecule has 1 aliphatic rings. The van der Waals surface area contributed by atoms with E-state index in [1.54, 1.807) is 0 Å². The average Bonchev–Trinajstić information content (AvgIpc) is 2.97. The summed E-state index contributed by atoms with van der Waals surface area (Å²) in [6.07, 6.45) is 2.07. The van der Waals surface area contributed by atoms with E-state index in [-0.39, 0.29) is 0 Å². The highest BCUT2D eigenvalue weighted by Gasteiger charge is 2.43. The standard InChI is InChI=1S/C12H19N3O3/c1-3-10-13-9(14-18-10)7-15-6-5-12(4-2,8-15)11(16)17/h3-8H2,1-2H3,(H,16,17). The maximum absolute atomic E-state index is 11.3. The molecule has 0 aliphatic carbocycles. The number of aliphatic carboxylic acids is 1. The molecule has 0 saturated carbocycles. The number of nitrogens with zero attached hydrogens (tertiary/aromatic N) is 3. The van der Waals surface area contributed by atoms with Crippen molar-refractivity contribution in [3.05, 3.63) is 11.7 Å². The number of carbonyl (C=O) groups is 1. The number of aromatic nitrogens is 2. The number of aryl methyl sites for hydroxylation is 1. The first kappa shape index (κ1) is 13.0. The molecule has 1 saturated heterocycles. The van der Waals surface area contributed by atoms with Crippen LogP contribution in [-0.2, 0) is 17.8 Å². The maximum atomic E-state index is 11.3. The van der Waals surface area contributed by atoms with Crippen molar-refractivity contribution in [3.63, 3.8) is 0 Å². The van der Waals surface area contributed by atoms with Gasteiger partial charge in [-0.3, -0.25) is 9.69 Å². The fourth-order valence-corrected chi connectivity index (χ4v) is 2.41. The van der Waals surface area contributed by atoms with Gasteiger partial charge in [0.25, 0.3) is 0 Å². The van der Waals surface area contributed by atoms with E-state index in [1.807, 2.05) is 13.8 Å². The highest BCUT2D eigenvalue weighted by Crippen LogP contribution is 2.34. The predicted octanol–water partition coefficient (Wildman–Crippen LogP) is 1.32. The number of rotatable bonds is 5. The van der Waals surface area contributed by atoms with E-state index < -0.39 is 11.4 Å². The fraction of sp³-hybridized carbons (Fsp3) is 0.750. The molecule has 2 heterocycles. The van der Waals surface area contributed by atoms with Gasteiger partial charge in [-0.2, -0.15) is 4.98 Å². The lowest BCUT2D eigenvalue weighted by molar-refractivity contribution is -0.148. The van der Waals surface area contributed by atoms with E-state index in [0.717, 1.165) is 13.0 Å². The van der Waals surface area contributed by atoms with Crippen molar-refractivity contribution >= 4 is 5.97 Å². The Morgan fingerprint density at radius 3 is 2.83 bits per heavy atom. The lowest BCUT2D eigenvalue weighted by atomic mass is 9.84. The molecule has 0 bridgehead atoms. The van der Waals surface area contributed by atoms with Crippen molar-refractivity contribution in [1.29, 1.82) is 0 Å². The van der Waals surface area contributed by atoms with E-state index >= 15 is 0 Å². The minimum absolute atomic E-state index is 0.564. The first-order chi connectivity index (χ1) is 8.59. The first-order valence-electron chi connectivity index (χ1n) is 6.37. The Morgan fingerprint density at radius 2 is 2.33 bits per heavy atom. The second kappa shape index (κ2) is 5.06. The van der Waals surface area contributed by atoms with Crippen molar-refractivity contribution in [2.24, 2.45) is 5.41 Å². The molecule has 2 rings (SSSR count). The molecule has 1 aromatic rings. The van der Waals surface area contributed by atoms with Crippen LogP contribution in [0.2, 0.25) is 0 Å². The Bertz CT molecular complexity index is 432. The monoisotopic (exact) mass is 253 g/mol. The van der Waals surface area contributed by atoms with Crippen molar-refractivity contribution in [3.8, 4) is 0 Å². The van der Waals surface area contributed by atoms with Gasteiger partial charge in [-0.15, -0.1) is 0 Å². The maximum Gasteiger partial charge on any atom is 0.310 e. The van der Waals surface area contributed by atoms with Gasteiger partial charge in [-0.25, -0.2) is 0 Å². The van der Waals surface area contributed by atoms with E-state index in [0.29, 0.717) is 37.6 Å². The van der Waals surface area contributed by atoms with Crippen LogP contribution in [0.5, 0.6) is 0 Å². The summed E-state index contributed by atoms with van der Waals surface area (Å²) in [5, 5.41) is 13.2. The Labute approximate surface area is 106 Å². The topological polar surface area (TPSA) is 79.5 Å². The summed E-state index contributed by atoms with van der Waals surface area (Å²) in [4.78, 5) is 17.7. The molecule has 0 spiro atoms. The van der Waals surface area contributed by atoms with Crippen LogP contribution in [-0.4, -0.2) is 39.2 Å². The lowest BCUT2D eigenvalue weighted by Crippen LogP contribution is -2.34. The Morgan fingerprint density at radius 1 is 1.56 bits per heavy atom. The van der Waals surface area contributed by atoms with Crippen LogP contribution >= 0.6 is 0 Å². The van der Waals surface area contributed by atoms with Crippen molar-refractivity contribution in [1.82, 2.24) is 15.0 Å². The molecule has 1 atom stereocenters. The first-order valence-corrected chi connectivity index (χ1v) is 6.37. The molecule has 1 aromatic heterocycles. The van der Waals surface area contributed by atoms with Crippen molar-refractivity contribution in [2.45, 2.75) is 39.7 Å². The number of carboxylic acid groups (broad SMARTS) is 1. The van der Waals surface area contributed by atoms with Crippen LogP contribution in [0.1, 0.15) is 38.4 Å². The zero-order valence-corrected chi connectivity index (χ0v) is 10.8. The van der Waals surface area contributed by atoms with Crippen LogP contribution < -0.4 is 0 Å². The molecule has 1 aliphatic heterocycles. The largest absolute Gasteiger partial charge is 0.481 e. The number of likely N-dealkylation sites (tertiary alicyclic amines) is 1. The molecule has 6 nitrogen and oxygen atoms in total. The number of hydrogen-bond donors (Lipinski definition) is 1. The molecular formula is C12H19N3O3. The zero-order valence-electron chi connectivity index (χ0n) is 10.8. The van der Waals surface area contributed by atoms with E-state index in [2.05, 4.69) is 15.0 Å². The molecule has 1 unspecified atom stereocenters. The number of hydrogen-bond acceptors (Lipinski definition) is 5. The van der Waals surface area contributed by atoms with Crippen LogP contribution in [0, 0.1) is 5.41 Å². The molecule has 0 aromatic carbocycles. The van der Waals surface area contributed by atoms with E-state index in [9.17, 15) is 9.90 Å². The van der Waals surface area contributed by atoms with Crippen molar-refractivity contribution in [2.75, 3.05) is 13.1 Å². The van der Waals surface area contributed by atoms with E-state index in [4.69, 9.17) is 4.52 Å². The molecule has 0 radical (unpaired) electrons. The molecule has 100 valence electrons. The van der Waals surface area contributed by atoms with Crippen LogP contribution in [0.25, 0.3) is 0 Å². The van der Waals surface area contributed by atoms with Crippen molar-refractivity contribution < 1.29 is 14.4 Å². The predicted molar refractivity (Wildman–Crippen MR) is 63.9 cm³/mol. The lowest BCUT2D eigenvalue weighted by Gasteiger charge is -2.22. The number of carboxylic acids is 1. The van der Waals surface area contributed by atoms with Gasteiger partial charge in [0.15, 0.2) is 5.82 Å². The highest BCUT2D eigenvalue weighted by atomic mass is 16.5. The van der Waals surface area contributed by atoms with Gasteiger partial charge in [0.05, 0.1) is 12.0 Å². The smallest absolute Gasteiger partial charge is 0.310 e. The summed E-state index contributed by atoms with van der Waals surface area (Å²) >= 11 is 0. The third-order valence-corrected chi connectivity index (χ3v) is 3.74. The summed E-state index contributed by atoms with van der Waals surface area (Å²) in [6.45, 7) is 5.80. The fourth-order valence-electron chi connectivity index (χ4n) is 2.41. The second-order valence-electron chi connectivity index (χ2n) is 4.86. The molecule has 1 N–H and O–H groups in total. The quantitative estimate of drug-likeness (QED) is 0.852. The Balaban J connectivity index is 1.98. The van der Waals surface area contributed by atoms with Crippen LogP contribution in [0.4, 0.5) is 0 Å². The summed E-state index contributed by atoms with van der Waals surface area (Å²) in [6, 6.07) is 0. The van der Waals surface area contributed by atoms with Gasteiger partial charge in [0, 0.05) is 13.0 Å². The summed E-state index contributed by atoms with van der Waals surface area (Å²) in [7, 11) is 0. The van der Waals surface area contributed by atoms with Gasteiger partial charge in [-0.05, 0) is 19.4 Å². The Hall–Kier alpha value is -1.43. The highest BCUT2D eigenvalue weighted by molar-refractivity contribution is 5.75. The Kier molecular flexibility index (Phi) is 3.65. The summed E-state index contributed by atoms with van der Waals surface area (Å²) in [5.41, 5.74) is -0.600. The van der Waals surface area contributed by atoms with Crippen LogP contribution in [0.15, 0.2) is 4.52 Å². The third-order valence-electron chi connectivity index (χ3n) is 3.74. The van der Waals surface area contributed by atoms with Gasteiger partial charge < -0.3 is 9.63 Å². The zero-order chi connectivity index (χ0) is 13.2. The third kappa shape index (κ3) is 2.38. The minimum Gasteiger partial charge on any atom is -0.481 e.